The molecule has 31 heavy (non-hydrogen) atoms. The van der Waals surface area contributed by atoms with Crippen LogP contribution in [0.1, 0.15) is 65.7 Å². The second-order valence-electron chi connectivity index (χ2n) is 9.87. The van der Waals surface area contributed by atoms with Crippen LogP contribution < -0.4 is 0 Å². The lowest BCUT2D eigenvalue weighted by atomic mass is 9.96. The second-order valence-corrected chi connectivity index (χ2v) is 11.9. The van der Waals surface area contributed by atoms with Gasteiger partial charge in [0.2, 0.25) is 5.91 Å². The summed E-state index contributed by atoms with van der Waals surface area (Å²) in [5.41, 5.74) is -0.613. The van der Waals surface area contributed by atoms with Crippen LogP contribution >= 0.6 is 0 Å². The van der Waals surface area contributed by atoms with Crippen molar-refractivity contribution in [3.63, 3.8) is 0 Å². The fourth-order valence-electron chi connectivity index (χ4n) is 4.73. The standard InChI is InChI=1S/C21H38N4O5S/c1-21(2,3)30-20(27)25-12-8-11-18(25)19(26)23-13-15-24(16-14-23)31(28,29)22(4)17-9-6-5-7-10-17/h17-18H,5-16H2,1-4H3/t18-/m0/s1. The average molecular weight is 459 g/mol. The van der Waals surface area contributed by atoms with E-state index in [1.165, 1.54) is 19.9 Å². The molecular formula is C21H38N4O5S. The molecule has 2 saturated heterocycles. The Morgan fingerprint density at radius 3 is 2.10 bits per heavy atom. The Balaban J connectivity index is 1.57. The predicted octanol–water partition coefficient (Wildman–Crippen LogP) is 2.04. The summed E-state index contributed by atoms with van der Waals surface area (Å²) in [4.78, 5) is 28.8. The maximum Gasteiger partial charge on any atom is 0.410 e. The van der Waals surface area contributed by atoms with E-state index >= 15 is 0 Å². The Hall–Kier alpha value is -1.39. The summed E-state index contributed by atoms with van der Waals surface area (Å²) in [6.07, 6.45) is 6.06. The van der Waals surface area contributed by atoms with Crippen LogP contribution in [0.4, 0.5) is 4.79 Å². The van der Waals surface area contributed by atoms with Crippen LogP contribution in [0.5, 0.6) is 0 Å². The van der Waals surface area contributed by atoms with Crippen LogP contribution in [0.15, 0.2) is 0 Å². The van der Waals surface area contributed by atoms with E-state index in [1.807, 2.05) is 20.8 Å². The van der Waals surface area contributed by atoms with Gasteiger partial charge in [0.15, 0.2) is 0 Å². The molecule has 0 N–H and O–H groups in total. The fraction of sp³-hybridized carbons (Fsp3) is 0.905. The molecule has 0 aromatic carbocycles. The van der Waals surface area contributed by atoms with Gasteiger partial charge < -0.3 is 9.64 Å². The average Bonchev–Trinajstić information content (AvgIpc) is 3.22. The van der Waals surface area contributed by atoms with Gasteiger partial charge in [0.1, 0.15) is 11.6 Å². The molecule has 10 heteroatoms. The molecule has 0 unspecified atom stereocenters. The van der Waals surface area contributed by atoms with Gasteiger partial charge >= 0.3 is 6.09 Å². The molecular weight excluding hydrogens is 420 g/mol. The highest BCUT2D eigenvalue weighted by atomic mass is 32.2. The van der Waals surface area contributed by atoms with Crippen LogP contribution in [0.25, 0.3) is 0 Å². The lowest BCUT2D eigenvalue weighted by Gasteiger charge is -2.39. The maximum absolute atomic E-state index is 13.1. The SMILES string of the molecule is CN(C1CCCCC1)S(=O)(=O)N1CCN(C(=O)[C@@H]2CCCN2C(=O)OC(C)(C)C)CC1. The molecule has 0 radical (unpaired) electrons. The highest BCUT2D eigenvalue weighted by Crippen LogP contribution is 2.26. The first-order valence-corrected chi connectivity index (χ1v) is 12.9. The van der Waals surface area contributed by atoms with Crippen molar-refractivity contribution in [2.24, 2.45) is 0 Å². The zero-order chi connectivity index (χ0) is 22.8. The largest absolute Gasteiger partial charge is 0.444 e. The van der Waals surface area contributed by atoms with Crippen molar-refractivity contribution in [2.75, 3.05) is 39.8 Å². The first-order chi connectivity index (χ1) is 14.5. The number of carbonyl (C=O) groups excluding carboxylic acids is 2. The van der Waals surface area contributed by atoms with Crippen molar-refractivity contribution in [2.45, 2.75) is 83.4 Å². The normalized spacial score (nSPS) is 24.6. The van der Waals surface area contributed by atoms with E-state index in [9.17, 15) is 18.0 Å². The number of carbonyl (C=O) groups is 2. The van der Waals surface area contributed by atoms with E-state index in [1.54, 1.807) is 11.9 Å². The van der Waals surface area contributed by atoms with Gasteiger partial charge in [0.25, 0.3) is 10.2 Å². The third-order valence-corrected chi connectivity index (χ3v) is 8.54. The molecule has 0 spiro atoms. The fourth-order valence-corrected chi connectivity index (χ4v) is 6.30. The Bertz CT molecular complexity index is 752. The van der Waals surface area contributed by atoms with Gasteiger partial charge in [-0.1, -0.05) is 19.3 Å². The summed E-state index contributed by atoms with van der Waals surface area (Å²) in [5.74, 6) is -0.110. The molecule has 0 aromatic rings. The first-order valence-electron chi connectivity index (χ1n) is 11.5. The minimum atomic E-state index is -3.53. The molecule has 2 aliphatic heterocycles. The van der Waals surface area contributed by atoms with Gasteiger partial charge in [-0.05, 0) is 46.5 Å². The van der Waals surface area contributed by atoms with E-state index in [2.05, 4.69) is 0 Å². The summed E-state index contributed by atoms with van der Waals surface area (Å²) in [6, 6.07) is -0.456. The van der Waals surface area contributed by atoms with Crippen LogP contribution in [0.3, 0.4) is 0 Å². The summed E-state index contributed by atoms with van der Waals surface area (Å²) in [7, 11) is -1.85. The zero-order valence-electron chi connectivity index (χ0n) is 19.4. The lowest BCUT2D eigenvalue weighted by Crippen LogP contribution is -2.58. The van der Waals surface area contributed by atoms with Crippen LogP contribution in [-0.2, 0) is 19.7 Å². The molecule has 1 aliphatic carbocycles. The van der Waals surface area contributed by atoms with Gasteiger partial charge in [-0.25, -0.2) is 4.79 Å². The minimum Gasteiger partial charge on any atom is -0.444 e. The van der Waals surface area contributed by atoms with Crippen molar-refractivity contribution in [3.05, 3.63) is 0 Å². The Morgan fingerprint density at radius 2 is 1.52 bits per heavy atom. The van der Waals surface area contributed by atoms with E-state index in [4.69, 9.17) is 4.74 Å². The van der Waals surface area contributed by atoms with E-state index in [-0.39, 0.29) is 25.0 Å². The molecule has 2 heterocycles. The van der Waals surface area contributed by atoms with Crippen LogP contribution in [0.2, 0.25) is 0 Å². The summed E-state index contributed by atoms with van der Waals surface area (Å²) >= 11 is 0. The molecule has 3 rings (SSSR count). The van der Waals surface area contributed by atoms with Crippen molar-refractivity contribution in [1.82, 2.24) is 18.4 Å². The number of nitrogens with zero attached hydrogens (tertiary/aromatic N) is 4. The molecule has 0 bridgehead atoms. The van der Waals surface area contributed by atoms with Crippen LogP contribution in [0, 0.1) is 0 Å². The highest BCUT2D eigenvalue weighted by molar-refractivity contribution is 7.86. The van der Waals surface area contributed by atoms with Gasteiger partial charge in [-0.3, -0.25) is 9.69 Å². The third kappa shape index (κ3) is 5.70. The third-order valence-electron chi connectivity index (χ3n) is 6.50. The number of likely N-dealkylation sites (tertiary alicyclic amines) is 1. The van der Waals surface area contributed by atoms with E-state index in [0.29, 0.717) is 26.1 Å². The molecule has 178 valence electrons. The zero-order valence-corrected chi connectivity index (χ0v) is 20.2. The number of piperazine rings is 1. The molecule has 0 aromatic heterocycles. The Kier molecular flexibility index (Phi) is 7.53. The van der Waals surface area contributed by atoms with Crippen molar-refractivity contribution in [1.29, 1.82) is 0 Å². The molecule has 2 amide bonds. The number of hydrogen-bond donors (Lipinski definition) is 0. The smallest absolute Gasteiger partial charge is 0.410 e. The summed E-state index contributed by atoms with van der Waals surface area (Å²) in [5, 5.41) is 0. The number of hydrogen-bond acceptors (Lipinski definition) is 5. The number of rotatable bonds is 4. The van der Waals surface area contributed by atoms with Gasteiger partial charge in [-0.2, -0.15) is 17.0 Å². The molecule has 3 fully saturated rings. The topological polar surface area (TPSA) is 90.5 Å². The van der Waals surface area contributed by atoms with Crippen molar-refractivity contribution >= 4 is 22.2 Å². The minimum absolute atomic E-state index is 0.0688. The summed E-state index contributed by atoms with van der Waals surface area (Å²) < 4.78 is 34.6. The lowest BCUT2D eigenvalue weighted by molar-refractivity contribution is -0.137. The van der Waals surface area contributed by atoms with Gasteiger partial charge in [-0.15, -0.1) is 0 Å². The first kappa shape index (κ1) is 24.3. The second kappa shape index (κ2) is 9.62. The summed E-state index contributed by atoms with van der Waals surface area (Å²) in [6.45, 7) is 7.18. The number of amides is 2. The molecule has 9 nitrogen and oxygen atoms in total. The molecule has 3 aliphatic rings. The van der Waals surface area contributed by atoms with E-state index < -0.39 is 27.9 Å². The molecule has 1 atom stereocenters. The van der Waals surface area contributed by atoms with Crippen LogP contribution in [-0.4, -0.2) is 96.3 Å². The van der Waals surface area contributed by atoms with Gasteiger partial charge in [0.05, 0.1) is 0 Å². The van der Waals surface area contributed by atoms with Crippen molar-refractivity contribution < 1.29 is 22.7 Å². The monoisotopic (exact) mass is 458 g/mol. The predicted molar refractivity (Wildman–Crippen MR) is 118 cm³/mol. The Morgan fingerprint density at radius 1 is 0.903 bits per heavy atom. The molecule has 1 saturated carbocycles. The maximum atomic E-state index is 13.1. The number of ether oxygens (including phenoxy) is 1. The highest BCUT2D eigenvalue weighted by Gasteiger charge is 2.41. The quantitative estimate of drug-likeness (QED) is 0.643. The Labute approximate surface area is 186 Å². The van der Waals surface area contributed by atoms with Gasteiger partial charge in [0, 0.05) is 45.8 Å². The van der Waals surface area contributed by atoms with Crippen molar-refractivity contribution in [3.8, 4) is 0 Å². The van der Waals surface area contributed by atoms with E-state index in [0.717, 1.165) is 32.1 Å².